The first-order chi connectivity index (χ1) is 11.7. The van der Waals surface area contributed by atoms with Gasteiger partial charge in [-0.2, -0.15) is 0 Å². The molecule has 4 rings (SSSR count). The second kappa shape index (κ2) is 5.45. The summed E-state index contributed by atoms with van der Waals surface area (Å²) in [5.41, 5.74) is 2.25. The Kier molecular flexibility index (Phi) is 3.27. The van der Waals surface area contributed by atoms with E-state index in [2.05, 4.69) is 22.1 Å². The SMILES string of the molecule is COc1cc(O)c(-c2nc3cc4ccccc4cc3[nH]2)c(OC)c1. The predicted octanol–water partition coefficient (Wildman–Crippen LogP) is 4.11. The lowest BCUT2D eigenvalue weighted by atomic mass is 10.1. The number of aromatic nitrogens is 2. The van der Waals surface area contributed by atoms with Crippen LogP contribution in [0.1, 0.15) is 0 Å². The average Bonchev–Trinajstić information content (AvgIpc) is 3.00. The van der Waals surface area contributed by atoms with E-state index in [1.807, 2.05) is 24.3 Å². The Hall–Kier alpha value is -3.21. The molecular formula is C19H16N2O3. The minimum atomic E-state index is 0.0508. The third-order valence-electron chi connectivity index (χ3n) is 4.10. The van der Waals surface area contributed by atoms with Crippen LogP contribution in [0.5, 0.6) is 17.2 Å². The number of aromatic hydroxyl groups is 1. The molecule has 0 amide bonds. The van der Waals surface area contributed by atoms with E-state index in [1.54, 1.807) is 26.4 Å². The number of phenolic OH excluding ortho intramolecular Hbond substituents is 1. The number of ether oxygens (including phenoxy) is 2. The summed E-state index contributed by atoms with van der Waals surface area (Å²) in [6, 6.07) is 15.4. The zero-order chi connectivity index (χ0) is 16.7. The summed E-state index contributed by atoms with van der Waals surface area (Å²) in [6.45, 7) is 0. The fraction of sp³-hybridized carbons (Fsp3) is 0.105. The highest BCUT2D eigenvalue weighted by Gasteiger charge is 2.17. The van der Waals surface area contributed by atoms with Crippen LogP contribution < -0.4 is 9.47 Å². The van der Waals surface area contributed by atoms with E-state index in [-0.39, 0.29) is 5.75 Å². The first kappa shape index (κ1) is 14.4. The summed E-state index contributed by atoms with van der Waals surface area (Å²) in [4.78, 5) is 7.89. The molecule has 0 saturated heterocycles. The summed E-state index contributed by atoms with van der Waals surface area (Å²) < 4.78 is 10.6. The fourth-order valence-corrected chi connectivity index (χ4v) is 2.91. The van der Waals surface area contributed by atoms with Gasteiger partial charge in [0.15, 0.2) is 0 Å². The third-order valence-corrected chi connectivity index (χ3v) is 4.10. The minimum absolute atomic E-state index is 0.0508. The molecule has 0 atom stereocenters. The van der Waals surface area contributed by atoms with Crippen molar-refractivity contribution in [3.8, 4) is 28.6 Å². The molecule has 0 spiro atoms. The number of H-pyrrole nitrogens is 1. The Labute approximate surface area is 138 Å². The van der Waals surface area contributed by atoms with E-state index >= 15 is 0 Å². The molecule has 0 aliphatic rings. The van der Waals surface area contributed by atoms with Crippen molar-refractivity contribution in [3.05, 3.63) is 48.5 Å². The van der Waals surface area contributed by atoms with E-state index in [4.69, 9.17) is 9.47 Å². The monoisotopic (exact) mass is 320 g/mol. The third kappa shape index (κ3) is 2.22. The molecule has 0 bridgehead atoms. The number of hydrogen-bond donors (Lipinski definition) is 2. The summed E-state index contributed by atoms with van der Waals surface area (Å²) in [7, 11) is 3.09. The van der Waals surface area contributed by atoms with Crippen LogP contribution in [0.2, 0.25) is 0 Å². The maximum Gasteiger partial charge on any atom is 0.146 e. The number of nitrogens with zero attached hydrogens (tertiary/aromatic N) is 1. The van der Waals surface area contributed by atoms with Gasteiger partial charge in [-0.3, -0.25) is 0 Å². The molecule has 0 saturated carbocycles. The van der Waals surface area contributed by atoms with Crippen LogP contribution in [0.3, 0.4) is 0 Å². The van der Waals surface area contributed by atoms with Crippen LogP contribution in [0.25, 0.3) is 33.2 Å². The molecule has 0 unspecified atom stereocenters. The quantitative estimate of drug-likeness (QED) is 0.596. The molecule has 0 radical (unpaired) electrons. The molecule has 0 aliphatic carbocycles. The minimum Gasteiger partial charge on any atom is -0.507 e. The van der Waals surface area contributed by atoms with Gasteiger partial charge in [-0.05, 0) is 22.9 Å². The van der Waals surface area contributed by atoms with Gasteiger partial charge in [0, 0.05) is 12.1 Å². The van der Waals surface area contributed by atoms with Crippen LogP contribution >= 0.6 is 0 Å². The lowest BCUT2D eigenvalue weighted by molar-refractivity contribution is 0.386. The van der Waals surface area contributed by atoms with Gasteiger partial charge >= 0.3 is 0 Å². The topological polar surface area (TPSA) is 67.4 Å². The zero-order valence-corrected chi connectivity index (χ0v) is 13.3. The number of nitrogens with one attached hydrogen (secondary N) is 1. The Balaban J connectivity index is 1.95. The van der Waals surface area contributed by atoms with Gasteiger partial charge in [-0.25, -0.2) is 4.98 Å². The molecule has 2 N–H and O–H groups in total. The number of benzene rings is 3. The van der Waals surface area contributed by atoms with Crippen LogP contribution in [0.15, 0.2) is 48.5 Å². The van der Waals surface area contributed by atoms with E-state index in [9.17, 15) is 5.11 Å². The maximum atomic E-state index is 10.4. The molecule has 0 fully saturated rings. The second-order valence-corrected chi connectivity index (χ2v) is 5.53. The molecular weight excluding hydrogens is 304 g/mol. The predicted molar refractivity (Wildman–Crippen MR) is 93.8 cm³/mol. The average molecular weight is 320 g/mol. The molecule has 5 heteroatoms. The number of hydrogen-bond acceptors (Lipinski definition) is 4. The van der Waals surface area contributed by atoms with Crippen LogP contribution in [-0.2, 0) is 0 Å². The second-order valence-electron chi connectivity index (χ2n) is 5.53. The maximum absolute atomic E-state index is 10.4. The Bertz CT molecular complexity index is 1000. The van der Waals surface area contributed by atoms with Gasteiger partial charge in [-0.1, -0.05) is 24.3 Å². The van der Waals surface area contributed by atoms with Crippen molar-refractivity contribution in [3.63, 3.8) is 0 Å². The van der Waals surface area contributed by atoms with Crippen molar-refractivity contribution in [2.45, 2.75) is 0 Å². The van der Waals surface area contributed by atoms with Crippen LogP contribution in [0, 0.1) is 0 Å². The smallest absolute Gasteiger partial charge is 0.146 e. The summed E-state index contributed by atoms with van der Waals surface area (Å²) in [6.07, 6.45) is 0. The number of phenols is 1. The van der Waals surface area contributed by atoms with Crippen molar-refractivity contribution in [2.24, 2.45) is 0 Å². The number of methoxy groups -OCH3 is 2. The molecule has 1 heterocycles. The Morgan fingerprint density at radius 2 is 1.71 bits per heavy atom. The van der Waals surface area contributed by atoms with Crippen LogP contribution in [0.4, 0.5) is 0 Å². The van der Waals surface area contributed by atoms with Crippen LogP contribution in [-0.4, -0.2) is 29.3 Å². The fourth-order valence-electron chi connectivity index (χ4n) is 2.91. The highest BCUT2D eigenvalue weighted by atomic mass is 16.5. The molecule has 4 aromatic rings. The van der Waals surface area contributed by atoms with Crippen molar-refractivity contribution >= 4 is 21.8 Å². The lowest BCUT2D eigenvalue weighted by Gasteiger charge is -2.10. The van der Waals surface area contributed by atoms with Crippen molar-refractivity contribution < 1.29 is 14.6 Å². The molecule has 3 aromatic carbocycles. The van der Waals surface area contributed by atoms with E-state index < -0.39 is 0 Å². The van der Waals surface area contributed by atoms with Gasteiger partial charge in [0.1, 0.15) is 28.6 Å². The summed E-state index contributed by atoms with van der Waals surface area (Å²) >= 11 is 0. The van der Waals surface area contributed by atoms with Gasteiger partial charge in [-0.15, -0.1) is 0 Å². The van der Waals surface area contributed by atoms with Gasteiger partial charge < -0.3 is 19.6 Å². The number of fused-ring (bicyclic) bond motifs is 2. The largest absolute Gasteiger partial charge is 0.507 e. The Morgan fingerprint density at radius 3 is 2.42 bits per heavy atom. The highest BCUT2D eigenvalue weighted by molar-refractivity contribution is 5.96. The molecule has 1 aromatic heterocycles. The highest BCUT2D eigenvalue weighted by Crippen LogP contribution is 2.40. The van der Waals surface area contributed by atoms with E-state index in [1.165, 1.54) is 0 Å². The van der Waals surface area contributed by atoms with Crippen molar-refractivity contribution in [1.29, 1.82) is 0 Å². The Morgan fingerprint density at radius 1 is 0.958 bits per heavy atom. The van der Waals surface area contributed by atoms with E-state index in [0.717, 1.165) is 21.8 Å². The molecule has 120 valence electrons. The zero-order valence-electron chi connectivity index (χ0n) is 13.3. The number of imidazole rings is 1. The molecule has 5 nitrogen and oxygen atoms in total. The summed E-state index contributed by atoms with van der Waals surface area (Å²) in [5, 5.41) is 12.6. The van der Waals surface area contributed by atoms with Gasteiger partial charge in [0.2, 0.25) is 0 Å². The number of rotatable bonds is 3. The van der Waals surface area contributed by atoms with Crippen molar-refractivity contribution in [1.82, 2.24) is 9.97 Å². The standard InChI is InChI=1S/C19H16N2O3/c1-23-13-9-16(22)18(17(10-13)24-2)19-20-14-7-11-5-3-4-6-12(11)8-15(14)21-19/h3-10,22H,1-2H3,(H,20,21). The lowest BCUT2D eigenvalue weighted by Crippen LogP contribution is -1.92. The first-order valence-electron chi connectivity index (χ1n) is 7.53. The first-order valence-corrected chi connectivity index (χ1v) is 7.53. The van der Waals surface area contributed by atoms with Gasteiger partial charge in [0.25, 0.3) is 0 Å². The summed E-state index contributed by atoms with van der Waals surface area (Å²) in [5.74, 6) is 1.62. The molecule has 24 heavy (non-hydrogen) atoms. The van der Waals surface area contributed by atoms with E-state index in [0.29, 0.717) is 22.9 Å². The normalized spacial score (nSPS) is 11.1. The number of aromatic amines is 1. The molecule has 0 aliphatic heterocycles. The van der Waals surface area contributed by atoms with Gasteiger partial charge in [0.05, 0.1) is 25.3 Å². The van der Waals surface area contributed by atoms with Crippen molar-refractivity contribution in [2.75, 3.05) is 14.2 Å².